The number of amides is 3. The third-order valence-electron chi connectivity index (χ3n) is 4.36. The summed E-state index contributed by atoms with van der Waals surface area (Å²) in [6.45, 7) is -0.460. The Morgan fingerprint density at radius 1 is 0.879 bits per heavy atom. The molecule has 0 aromatic carbocycles. The number of carbonyl (C=O) groups is 6. The van der Waals surface area contributed by atoms with Gasteiger partial charge in [0.15, 0.2) is 0 Å². The zero-order valence-corrected chi connectivity index (χ0v) is 17.4. The van der Waals surface area contributed by atoms with Crippen LogP contribution in [-0.2, 0) is 35.2 Å². The summed E-state index contributed by atoms with van der Waals surface area (Å²) in [7, 11) is 0. The second-order valence-electron chi connectivity index (χ2n) is 6.93. The summed E-state index contributed by atoms with van der Waals surface area (Å²) in [6.07, 6.45) is 0.865. The molecule has 15 nitrogen and oxygen atoms in total. The normalized spacial score (nSPS) is 13.2. The molecule has 0 radical (unpaired) electrons. The standard InChI is InChI=1S/C18H26N6O9/c19-6-13(25)22-10(1-3-14(26)27)16(30)24-12(5-9-7-20-8-21-9)17(31)23-11(18(32)33)2-4-15(28)29/h7-8,10-12H,1-6,19H2,(H,20,21)(H,22,25)(H,23,31)(H,24,30)(H,26,27)(H,28,29)(H,32,33). The first kappa shape index (κ1) is 27.0. The van der Waals surface area contributed by atoms with Gasteiger partial charge in [0, 0.05) is 31.2 Å². The van der Waals surface area contributed by atoms with Crippen LogP contribution in [0, 0.1) is 0 Å². The lowest BCUT2D eigenvalue weighted by molar-refractivity contribution is -0.143. The van der Waals surface area contributed by atoms with E-state index in [1.807, 2.05) is 0 Å². The highest BCUT2D eigenvalue weighted by Gasteiger charge is 2.30. The lowest BCUT2D eigenvalue weighted by Gasteiger charge is -2.24. The molecule has 0 aliphatic heterocycles. The Morgan fingerprint density at radius 2 is 1.42 bits per heavy atom. The quantitative estimate of drug-likeness (QED) is 0.130. The van der Waals surface area contributed by atoms with E-state index in [-0.39, 0.29) is 12.8 Å². The van der Waals surface area contributed by atoms with Gasteiger partial charge >= 0.3 is 17.9 Å². The van der Waals surface area contributed by atoms with Crippen molar-refractivity contribution in [1.82, 2.24) is 25.9 Å². The van der Waals surface area contributed by atoms with Crippen LogP contribution in [0.1, 0.15) is 31.4 Å². The first-order valence-electron chi connectivity index (χ1n) is 9.77. The molecule has 0 aliphatic rings. The molecule has 3 atom stereocenters. The molecule has 1 heterocycles. The number of carbonyl (C=O) groups excluding carboxylic acids is 3. The molecule has 9 N–H and O–H groups in total. The zero-order valence-electron chi connectivity index (χ0n) is 17.4. The van der Waals surface area contributed by atoms with E-state index in [0.717, 1.165) is 0 Å². The number of carboxylic acid groups (broad SMARTS) is 3. The minimum atomic E-state index is -1.53. The van der Waals surface area contributed by atoms with E-state index in [0.29, 0.717) is 5.69 Å². The second-order valence-corrected chi connectivity index (χ2v) is 6.93. The molecule has 3 amide bonds. The smallest absolute Gasteiger partial charge is 0.326 e. The lowest BCUT2D eigenvalue weighted by Crippen LogP contribution is -2.57. The van der Waals surface area contributed by atoms with Crippen LogP contribution in [0.15, 0.2) is 12.5 Å². The summed E-state index contributed by atoms with van der Waals surface area (Å²) in [4.78, 5) is 76.6. The number of rotatable bonds is 15. The van der Waals surface area contributed by atoms with Crippen molar-refractivity contribution in [3.63, 3.8) is 0 Å². The number of H-pyrrole nitrogens is 1. The average molecular weight is 470 g/mol. The van der Waals surface area contributed by atoms with Gasteiger partial charge in [0.05, 0.1) is 12.9 Å². The predicted octanol–water partition coefficient (Wildman–Crippen LogP) is -2.82. The first-order valence-corrected chi connectivity index (χ1v) is 9.77. The van der Waals surface area contributed by atoms with Crippen LogP contribution >= 0.6 is 0 Å². The lowest BCUT2D eigenvalue weighted by atomic mass is 10.1. The predicted molar refractivity (Wildman–Crippen MR) is 109 cm³/mol. The van der Waals surface area contributed by atoms with Gasteiger partial charge < -0.3 is 42.0 Å². The van der Waals surface area contributed by atoms with Crippen molar-refractivity contribution in [2.45, 2.75) is 50.2 Å². The molecule has 0 saturated heterocycles. The molecule has 182 valence electrons. The van der Waals surface area contributed by atoms with Crippen molar-refractivity contribution in [2.24, 2.45) is 5.73 Å². The third-order valence-corrected chi connectivity index (χ3v) is 4.36. The number of nitrogens with zero attached hydrogens (tertiary/aromatic N) is 1. The number of nitrogens with one attached hydrogen (secondary N) is 4. The number of carboxylic acids is 3. The van der Waals surface area contributed by atoms with Gasteiger partial charge in [0.25, 0.3) is 0 Å². The van der Waals surface area contributed by atoms with Crippen LogP contribution in [0.25, 0.3) is 0 Å². The van der Waals surface area contributed by atoms with Crippen molar-refractivity contribution in [1.29, 1.82) is 0 Å². The number of hydrogen-bond acceptors (Lipinski definition) is 8. The number of aromatic nitrogens is 2. The molecule has 0 aliphatic carbocycles. The highest BCUT2D eigenvalue weighted by atomic mass is 16.4. The number of aromatic amines is 1. The Bertz CT molecular complexity index is 858. The molecular weight excluding hydrogens is 444 g/mol. The number of nitrogens with two attached hydrogens (primary N) is 1. The number of hydrogen-bond donors (Lipinski definition) is 8. The van der Waals surface area contributed by atoms with Gasteiger partial charge in [-0.15, -0.1) is 0 Å². The van der Waals surface area contributed by atoms with Gasteiger partial charge in [-0.3, -0.25) is 24.0 Å². The molecule has 1 aromatic heterocycles. The molecule has 0 saturated carbocycles. The summed E-state index contributed by atoms with van der Waals surface area (Å²) in [5, 5.41) is 33.7. The van der Waals surface area contributed by atoms with Crippen LogP contribution in [0.3, 0.4) is 0 Å². The van der Waals surface area contributed by atoms with E-state index in [1.165, 1.54) is 12.5 Å². The number of aliphatic carboxylic acids is 3. The Hall–Kier alpha value is -4.01. The molecule has 1 aromatic rings. The van der Waals surface area contributed by atoms with Gasteiger partial charge in [-0.25, -0.2) is 9.78 Å². The van der Waals surface area contributed by atoms with Crippen LogP contribution < -0.4 is 21.7 Å². The van der Waals surface area contributed by atoms with E-state index in [9.17, 15) is 33.9 Å². The molecule has 1 rings (SSSR count). The van der Waals surface area contributed by atoms with Gasteiger partial charge in [-0.05, 0) is 12.8 Å². The Balaban J connectivity index is 3.02. The highest BCUT2D eigenvalue weighted by Crippen LogP contribution is 2.05. The maximum atomic E-state index is 12.8. The molecule has 0 fully saturated rings. The highest BCUT2D eigenvalue weighted by molar-refractivity contribution is 5.94. The van der Waals surface area contributed by atoms with Crippen LogP contribution in [0.5, 0.6) is 0 Å². The molecule has 3 unspecified atom stereocenters. The Morgan fingerprint density at radius 3 is 1.91 bits per heavy atom. The minimum Gasteiger partial charge on any atom is -0.481 e. The second kappa shape index (κ2) is 13.4. The topological polar surface area (TPSA) is 254 Å². The van der Waals surface area contributed by atoms with E-state index in [2.05, 4.69) is 25.9 Å². The third kappa shape index (κ3) is 10.2. The van der Waals surface area contributed by atoms with E-state index < -0.39 is 79.6 Å². The van der Waals surface area contributed by atoms with Crippen molar-refractivity contribution in [3.05, 3.63) is 18.2 Å². The molecular formula is C18H26N6O9. The summed E-state index contributed by atoms with van der Waals surface area (Å²) in [5.74, 6) is -6.49. The monoisotopic (exact) mass is 470 g/mol. The van der Waals surface area contributed by atoms with Crippen LogP contribution in [0.4, 0.5) is 0 Å². The fourth-order valence-corrected chi connectivity index (χ4v) is 2.69. The maximum absolute atomic E-state index is 12.8. The largest absolute Gasteiger partial charge is 0.481 e. The molecule has 0 bridgehead atoms. The SMILES string of the molecule is NCC(=O)NC(CCC(=O)O)C(=O)NC(Cc1cnc[nH]1)C(=O)NC(CCC(=O)O)C(=O)O. The zero-order chi connectivity index (χ0) is 25.0. The van der Waals surface area contributed by atoms with Crippen molar-refractivity contribution in [3.8, 4) is 0 Å². The molecule has 15 heteroatoms. The summed E-state index contributed by atoms with van der Waals surface area (Å²) >= 11 is 0. The van der Waals surface area contributed by atoms with Crippen molar-refractivity contribution < 1.29 is 44.1 Å². The van der Waals surface area contributed by atoms with Crippen LogP contribution in [0.2, 0.25) is 0 Å². The van der Waals surface area contributed by atoms with Gasteiger partial charge in [-0.2, -0.15) is 0 Å². The maximum Gasteiger partial charge on any atom is 0.326 e. The van der Waals surface area contributed by atoms with E-state index in [4.69, 9.17) is 15.9 Å². The summed E-state index contributed by atoms with van der Waals surface area (Å²) in [6, 6.07) is -4.21. The van der Waals surface area contributed by atoms with Gasteiger partial charge in [0.2, 0.25) is 17.7 Å². The van der Waals surface area contributed by atoms with Gasteiger partial charge in [-0.1, -0.05) is 0 Å². The Labute approximate surface area is 187 Å². The van der Waals surface area contributed by atoms with Crippen molar-refractivity contribution >= 4 is 35.6 Å². The van der Waals surface area contributed by atoms with E-state index >= 15 is 0 Å². The summed E-state index contributed by atoms with van der Waals surface area (Å²) < 4.78 is 0. The van der Waals surface area contributed by atoms with Crippen molar-refractivity contribution in [2.75, 3.05) is 6.54 Å². The first-order chi connectivity index (χ1) is 15.5. The minimum absolute atomic E-state index is 0.153. The van der Waals surface area contributed by atoms with E-state index in [1.54, 1.807) is 0 Å². The number of imidazole rings is 1. The van der Waals surface area contributed by atoms with Gasteiger partial charge in [0.1, 0.15) is 18.1 Å². The Kier molecular flexibility index (Phi) is 11.0. The summed E-state index contributed by atoms with van der Waals surface area (Å²) in [5.41, 5.74) is 5.62. The average Bonchev–Trinajstić information content (AvgIpc) is 3.25. The fourth-order valence-electron chi connectivity index (χ4n) is 2.69. The fraction of sp³-hybridized carbons (Fsp3) is 0.500. The van der Waals surface area contributed by atoms with Crippen LogP contribution in [-0.4, -0.2) is 85.6 Å². The molecule has 0 spiro atoms. The molecule has 33 heavy (non-hydrogen) atoms.